The standard InChI is InChI=1S/C20H21FN4O3.HI/c1-26-17-8-7-15(11-18(17)27-2)25-20(22)23-10-9-16-12-28-19(24-16)13-3-5-14(21)6-4-13;/h3-8,11-12H,9-10H2,1-2H3,(H3,22,23,25);1H. The van der Waals surface area contributed by atoms with Crippen molar-refractivity contribution >= 4 is 35.6 Å². The molecule has 0 aliphatic heterocycles. The predicted molar refractivity (Wildman–Crippen MR) is 121 cm³/mol. The summed E-state index contributed by atoms with van der Waals surface area (Å²) >= 11 is 0. The summed E-state index contributed by atoms with van der Waals surface area (Å²) in [6, 6.07) is 11.3. The second-order valence-electron chi connectivity index (χ2n) is 5.86. The van der Waals surface area contributed by atoms with E-state index in [0.717, 1.165) is 11.4 Å². The number of nitrogens with one attached hydrogen (secondary N) is 1. The average molecular weight is 512 g/mol. The molecule has 3 aromatic rings. The number of halogens is 2. The summed E-state index contributed by atoms with van der Waals surface area (Å²) in [7, 11) is 3.14. The second-order valence-corrected chi connectivity index (χ2v) is 5.86. The molecule has 3 N–H and O–H groups in total. The summed E-state index contributed by atoms with van der Waals surface area (Å²) < 4.78 is 28.9. The van der Waals surface area contributed by atoms with Gasteiger partial charge in [0.1, 0.15) is 12.1 Å². The third kappa shape index (κ3) is 6.08. The van der Waals surface area contributed by atoms with E-state index >= 15 is 0 Å². The van der Waals surface area contributed by atoms with Crippen molar-refractivity contribution in [2.75, 3.05) is 26.1 Å². The molecule has 0 saturated carbocycles. The molecule has 0 spiro atoms. The predicted octanol–water partition coefficient (Wildman–Crippen LogP) is 4.09. The molecule has 2 aromatic carbocycles. The van der Waals surface area contributed by atoms with Gasteiger partial charge in [-0.25, -0.2) is 9.37 Å². The minimum atomic E-state index is -0.303. The van der Waals surface area contributed by atoms with E-state index in [4.69, 9.17) is 19.6 Å². The number of rotatable bonds is 7. The Morgan fingerprint density at radius 2 is 1.86 bits per heavy atom. The highest BCUT2D eigenvalue weighted by Crippen LogP contribution is 2.29. The lowest BCUT2D eigenvalue weighted by Gasteiger charge is -2.10. The summed E-state index contributed by atoms with van der Waals surface area (Å²) in [4.78, 5) is 8.67. The average Bonchev–Trinajstić information content (AvgIpc) is 3.17. The number of oxazole rings is 1. The molecule has 0 radical (unpaired) electrons. The number of aromatic nitrogens is 1. The zero-order valence-corrected chi connectivity index (χ0v) is 18.3. The molecule has 0 aliphatic carbocycles. The molecule has 1 aromatic heterocycles. The maximum Gasteiger partial charge on any atom is 0.226 e. The first-order valence-electron chi connectivity index (χ1n) is 8.58. The topological polar surface area (TPSA) is 94.9 Å². The Balaban J connectivity index is 0.00000300. The summed E-state index contributed by atoms with van der Waals surface area (Å²) in [6.45, 7) is 0.432. The molecule has 154 valence electrons. The van der Waals surface area contributed by atoms with Gasteiger partial charge in [0.05, 0.1) is 19.9 Å². The van der Waals surface area contributed by atoms with Crippen molar-refractivity contribution in [3.63, 3.8) is 0 Å². The molecule has 0 fully saturated rings. The highest BCUT2D eigenvalue weighted by Gasteiger charge is 2.07. The third-order valence-electron chi connectivity index (χ3n) is 3.95. The fraction of sp³-hybridized carbons (Fsp3) is 0.200. The monoisotopic (exact) mass is 512 g/mol. The van der Waals surface area contributed by atoms with Crippen LogP contribution in [0.4, 0.5) is 10.1 Å². The SMILES string of the molecule is COc1ccc(NC(N)=NCCc2coc(-c3ccc(F)cc3)n2)cc1OC.I. The lowest BCUT2D eigenvalue weighted by molar-refractivity contribution is 0.355. The largest absolute Gasteiger partial charge is 0.493 e. The highest BCUT2D eigenvalue weighted by atomic mass is 127. The van der Waals surface area contributed by atoms with Crippen LogP contribution in [0, 0.1) is 5.82 Å². The first kappa shape index (κ1) is 22.5. The molecule has 1 heterocycles. The summed E-state index contributed by atoms with van der Waals surface area (Å²) in [6.07, 6.45) is 2.12. The van der Waals surface area contributed by atoms with Crippen LogP contribution >= 0.6 is 24.0 Å². The van der Waals surface area contributed by atoms with Crippen LogP contribution in [-0.2, 0) is 6.42 Å². The molecular weight excluding hydrogens is 490 g/mol. The summed E-state index contributed by atoms with van der Waals surface area (Å²) in [5.41, 5.74) is 8.12. The highest BCUT2D eigenvalue weighted by molar-refractivity contribution is 14.0. The third-order valence-corrected chi connectivity index (χ3v) is 3.95. The Kier molecular flexibility index (Phi) is 8.25. The number of hydrogen-bond donors (Lipinski definition) is 2. The lowest BCUT2D eigenvalue weighted by atomic mass is 10.2. The van der Waals surface area contributed by atoms with Gasteiger partial charge in [-0.1, -0.05) is 0 Å². The van der Waals surface area contributed by atoms with E-state index in [-0.39, 0.29) is 35.8 Å². The Labute approximate surface area is 185 Å². The van der Waals surface area contributed by atoms with Gasteiger partial charge in [0.2, 0.25) is 5.89 Å². The number of methoxy groups -OCH3 is 2. The number of nitrogens with two attached hydrogens (primary N) is 1. The zero-order valence-electron chi connectivity index (χ0n) is 16.0. The second kappa shape index (κ2) is 10.6. The first-order chi connectivity index (χ1) is 13.6. The Morgan fingerprint density at radius 1 is 1.14 bits per heavy atom. The van der Waals surface area contributed by atoms with Gasteiger partial charge in [-0.3, -0.25) is 4.99 Å². The van der Waals surface area contributed by atoms with Crippen LogP contribution < -0.4 is 20.5 Å². The maximum atomic E-state index is 13.0. The fourth-order valence-electron chi connectivity index (χ4n) is 2.54. The molecule has 0 amide bonds. The van der Waals surface area contributed by atoms with Crippen LogP contribution in [0.1, 0.15) is 5.69 Å². The van der Waals surface area contributed by atoms with Crippen molar-refractivity contribution < 1.29 is 18.3 Å². The fourth-order valence-corrected chi connectivity index (χ4v) is 2.54. The van der Waals surface area contributed by atoms with E-state index in [1.807, 2.05) is 6.07 Å². The van der Waals surface area contributed by atoms with Gasteiger partial charge in [-0.2, -0.15) is 0 Å². The number of ether oxygens (including phenoxy) is 2. The van der Waals surface area contributed by atoms with Gasteiger partial charge in [-0.15, -0.1) is 24.0 Å². The van der Waals surface area contributed by atoms with Crippen LogP contribution in [0.5, 0.6) is 11.5 Å². The molecule has 7 nitrogen and oxygen atoms in total. The van der Waals surface area contributed by atoms with Crippen molar-refractivity contribution in [2.45, 2.75) is 6.42 Å². The van der Waals surface area contributed by atoms with Crippen LogP contribution in [0.3, 0.4) is 0 Å². The van der Waals surface area contributed by atoms with Gasteiger partial charge >= 0.3 is 0 Å². The summed E-state index contributed by atoms with van der Waals surface area (Å²) in [5.74, 6) is 1.63. The number of aliphatic imine (C=N–C) groups is 1. The van der Waals surface area contributed by atoms with E-state index in [1.165, 1.54) is 12.1 Å². The Morgan fingerprint density at radius 3 is 2.55 bits per heavy atom. The van der Waals surface area contributed by atoms with Crippen molar-refractivity contribution in [3.05, 3.63) is 60.2 Å². The molecule has 0 saturated heterocycles. The first-order valence-corrected chi connectivity index (χ1v) is 8.58. The molecule has 0 atom stereocenters. The number of nitrogens with zero attached hydrogens (tertiary/aromatic N) is 2. The molecular formula is C20H22FIN4O3. The number of hydrogen-bond acceptors (Lipinski definition) is 5. The maximum absolute atomic E-state index is 13.0. The number of guanidine groups is 1. The molecule has 29 heavy (non-hydrogen) atoms. The van der Waals surface area contributed by atoms with Crippen LogP contribution in [-0.4, -0.2) is 31.7 Å². The molecule has 9 heteroatoms. The zero-order chi connectivity index (χ0) is 19.9. The van der Waals surface area contributed by atoms with E-state index in [1.54, 1.807) is 44.7 Å². The normalized spacial score (nSPS) is 10.9. The quantitative estimate of drug-likeness (QED) is 0.282. The lowest BCUT2D eigenvalue weighted by Crippen LogP contribution is -2.23. The van der Waals surface area contributed by atoms with Crippen molar-refractivity contribution in [2.24, 2.45) is 10.7 Å². The van der Waals surface area contributed by atoms with Gasteiger partial charge < -0.3 is 24.9 Å². The molecule has 0 unspecified atom stereocenters. The molecule has 0 bridgehead atoms. The Bertz CT molecular complexity index is 961. The molecule has 0 aliphatic rings. The van der Waals surface area contributed by atoms with Crippen LogP contribution in [0.2, 0.25) is 0 Å². The van der Waals surface area contributed by atoms with E-state index in [2.05, 4.69) is 15.3 Å². The minimum Gasteiger partial charge on any atom is -0.493 e. The van der Waals surface area contributed by atoms with E-state index in [0.29, 0.717) is 35.9 Å². The van der Waals surface area contributed by atoms with Crippen molar-refractivity contribution in [3.8, 4) is 23.0 Å². The van der Waals surface area contributed by atoms with E-state index in [9.17, 15) is 4.39 Å². The van der Waals surface area contributed by atoms with Gasteiger partial charge in [-0.05, 0) is 36.4 Å². The van der Waals surface area contributed by atoms with Crippen LogP contribution in [0.15, 0.2) is 58.1 Å². The number of anilines is 1. The minimum absolute atomic E-state index is 0. The Hall–Kier alpha value is -2.82. The van der Waals surface area contributed by atoms with Crippen LogP contribution in [0.25, 0.3) is 11.5 Å². The van der Waals surface area contributed by atoms with Gasteiger partial charge in [0.25, 0.3) is 0 Å². The van der Waals surface area contributed by atoms with Gasteiger partial charge in [0.15, 0.2) is 17.5 Å². The van der Waals surface area contributed by atoms with Crippen molar-refractivity contribution in [1.82, 2.24) is 4.98 Å². The van der Waals surface area contributed by atoms with E-state index < -0.39 is 0 Å². The number of benzene rings is 2. The smallest absolute Gasteiger partial charge is 0.226 e. The van der Waals surface area contributed by atoms with Gasteiger partial charge in [0, 0.05) is 30.3 Å². The van der Waals surface area contributed by atoms with Crippen molar-refractivity contribution in [1.29, 1.82) is 0 Å². The molecule has 3 rings (SSSR count). The summed E-state index contributed by atoms with van der Waals surface area (Å²) in [5, 5.41) is 3.00.